The van der Waals surface area contributed by atoms with Crippen molar-refractivity contribution in [3.05, 3.63) is 47.1 Å². The van der Waals surface area contributed by atoms with E-state index >= 15 is 0 Å². The van der Waals surface area contributed by atoms with Gasteiger partial charge in [0.15, 0.2) is 17.5 Å². The predicted octanol–water partition coefficient (Wildman–Crippen LogP) is 3.80. The lowest BCUT2D eigenvalue weighted by Crippen LogP contribution is -2.52. The monoisotopic (exact) mass is 504 g/mol. The number of aliphatic imine (C=N–C) groups is 1. The molecular formula is C19H26FIN4OS. The third-order valence-corrected chi connectivity index (χ3v) is 5.28. The van der Waals surface area contributed by atoms with Crippen molar-refractivity contribution in [3.63, 3.8) is 0 Å². The lowest BCUT2D eigenvalue weighted by Gasteiger charge is -2.37. The fourth-order valence-corrected chi connectivity index (χ4v) is 3.81. The molecule has 0 saturated carbocycles. The van der Waals surface area contributed by atoms with Crippen molar-refractivity contribution in [3.8, 4) is 5.75 Å². The number of ether oxygens (including phenoxy) is 1. The lowest BCUT2D eigenvalue weighted by atomic mass is 10.2. The highest BCUT2D eigenvalue weighted by Gasteiger charge is 2.20. The average Bonchev–Trinajstić information content (AvgIpc) is 3.20. The number of hydrogen-bond donors (Lipinski definition) is 1. The van der Waals surface area contributed by atoms with Gasteiger partial charge in [0.1, 0.15) is 0 Å². The molecule has 27 heavy (non-hydrogen) atoms. The molecule has 1 aromatic carbocycles. The molecule has 0 amide bonds. The second-order valence-electron chi connectivity index (χ2n) is 6.02. The Morgan fingerprint density at radius 3 is 2.63 bits per heavy atom. The number of thiophene rings is 1. The van der Waals surface area contributed by atoms with Crippen LogP contribution in [0, 0.1) is 5.82 Å². The van der Waals surface area contributed by atoms with Crippen molar-refractivity contribution in [2.75, 3.05) is 44.7 Å². The van der Waals surface area contributed by atoms with Crippen LogP contribution in [0.25, 0.3) is 0 Å². The molecule has 1 fully saturated rings. The van der Waals surface area contributed by atoms with E-state index in [0.29, 0.717) is 18.9 Å². The molecule has 8 heteroatoms. The Morgan fingerprint density at radius 2 is 2.04 bits per heavy atom. The molecule has 1 aliphatic rings. The molecular weight excluding hydrogens is 478 g/mol. The van der Waals surface area contributed by atoms with Crippen molar-refractivity contribution < 1.29 is 9.13 Å². The Balaban J connectivity index is 0.00000261. The summed E-state index contributed by atoms with van der Waals surface area (Å²) in [4.78, 5) is 9.03. The van der Waals surface area contributed by atoms with E-state index in [1.54, 1.807) is 24.5 Å². The van der Waals surface area contributed by atoms with Crippen LogP contribution in [-0.2, 0) is 6.54 Å². The zero-order valence-corrected chi connectivity index (χ0v) is 18.8. The van der Waals surface area contributed by atoms with Crippen LogP contribution in [0.4, 0.5) is 9.39 Å². The minimum absolute atomic E-state index is 0. The van der Waals surface area contributed by atoms with Crippen LogP contribution in [0.5, 0.6) is 5.75 Å². The quantitative estimate of drug-likeness (QED) is 0.382. The van der Waals surface area contributed by atoms with Crippen LogP contribution in [0.15, 0.2) is 40.7 Å². The van der Waals surface area contributed by atoms with Gasteiger partial charge in [0.05, 0.1) is 11.6 Å². The molecule has 2 aromatic rings. The largest absolute Gasteiger partial charge is 0.491 e. The number of hydrogen-bond acceptors (Lipinski definition) is 4. The smallest absolute Gasteiger partial charge is 0.194 e. The maximum Gasteiger partial charge on any atom is 0.194 e. The van der Waals surface area contributed by atoms with E-state index in [1.807, 2.05) is 13.0 Å². The number of guanidine groups is 1. The third kappa shape index (κ3) is 5.71. The first-order valence-electron chi connectivity index (χ1n) is 8.86. The Hall–Kier alpha value is -1.55. The number of halogens is 2. The molecule has 1 aliphatic heterocycles. The van der Waals surface area contributed by atoms with E-state index in [-0.39, 0.29) is 29.8 Å². The number of nitrogens with zero attached hydrogens (tertiary/aromatic N) is 3. The van der Waals surface area contributed by atoms with E-state index in [1.165, 1.54) is 11.1 Å². The van der Waals surface area contributed by atoms with Gasteiger partial charge in [-0.25, -0.2) is 4.39 Å². The Bertz CT molecular complexity index is 733. The summed E-state index contributed by atoms with van der Waals surface area (Å²) in [6.45, 7) is 6.60. The van der Waals surface area contributed by atoms with Crippen molar-refractivity contribution in [2.24, 2.45) is 4.99 Å². The van der Waals surface area contributed by atoms with Gasteiger partial charge in [-0.2, -0.15) is 0 Å². The summed E-state index contributed by atoms with van der Waals surface area (Å²) < 4.78 is 19.2. The Kier molecular flexibility index (Phi) is 8.62. The molecule has 0 radical (unpaired) electrons. The SMILES string of the molecule is CCOc1ccc(CNC(=NC)N2CCN(c3cccs3)CC2)cc1F.I. The number of piperazine rings is 1. The first kappa shape index (κ1) is 21.7. The van der Waals surface area contributed by atoms with Crippen LogP contribution in [0.1, 0.15) is 12.5 Å². The summed E-state index contributed by atoms with van der Waals surface area (Å²) in [7, 11) is 1.78. The summed E-state index contributed by atoms with van der Waals surface area (Å²) in [6, 6.07) is 9.32. The van der Waals surface area contributed by atoms with Gasteiger partial charge in [0, 0.05) is 39.8 Å². The molecule has 1 saturated heterocycles. The van der Waals surface area contributed by atoms with Gasteiger partial charge in [-0.15, -0.1) is 35.3 Å². The molecule has 0 bridgehead atoms. The zero-order valence-electron chi connectivity index (χ0n) is 15.7. The molecule has 2 heterocycles. The summed E-state index contributed by atoms with van der Waals surface area (Å²) >= 11 is 1.77. The van der Waals surface area contributed by atoms with Crippen LogP contribution >= 0.6 is 35.3 Å². The van der Waals surface area contributed by atoms with Gasteiger partial charge in [-0.05, 0) is 42.1 Å². The van der Waals surface area contributed by atoms with Gasteiger partial charge >= 0.3 is 0 Å². The lowest BCUT2D eigenvalue weighted by molar-refractivity contribution is 0.321. The molecule has 148 valence electrons. The van der Waals surface area contributed by atoms with Gasteiger partial charge in [-0.3, -0.25) is 4.99 Å². The van der Waals surface area contributed by atoms with Gasteiger partial charge in [0.25, 0.3) is 0 Å². The minimum Gasteiger partial charge on any atom is -0.491 e. The van der Waals surface area contributed by atoms with Crippen molar-refractivity contribution in [1.29, 1.82) is 0 Å². The maximum atomic E-state index is 14.0. The van der Waals surface area contributed by atoms with Gasteiger partial charge < -0.3 is 19.9 Å². The van der Waals surface area contributed by atoms with Crippen molar-refractivity contribution in [1.82, 2.24) is 10.2 Å². The van der Waals surface area contributed by atoms with E-state index < -0.39 is 0 Å². The maximum absolute atomic E-state index is 14.0. The van der Waals surface area contributed by atoms with Crippen molar-refractivity contribution in [2.45, 2.75) is 13.5 Å². The molecule has 1 N–H and O–H groups in total. The van der Waals surface area contributed by atoms with E-state index in [0.717, 1.165) is 37.7 Å². The van der Waals surface area contributed by atoms with Crippen LogP contribution in [0.3, 0.4) is 0 Å². The average molecular weight is 504 g/mol. The molecule has 0 spiro atoms. The highest BCUT2D eigenvalue weighted by molar-refractivity contribution is 14.0. The standard InChI is InChI=1S/C19H25FN4OS.HI/c1-3-25-17-7-6-15(13-16(17)20)14-22-19(21-2)24-10-8-23(9-11-24)18-5-4-12-26-18;/h4-7,12-13H,3,8-11,14H2,1-2H3,(H,21,22);1H. The van der Waals surface area contributed by atoms with Crippen molar-refractivity contribution >= 4 is 46.3 Å². The van der Waals surface area contributed by atoms with E-state index in [9.17, 15) is 4.39 Å². The highest BCUT2D eigenvalue weighted by atomic mass is 127. The fourth-order valence-electron chi connectivity index (χ4n) is 3.03. The molecule has 5 nitrogen and oxygen atoms in total. The van der Waals surface area contributed by atoms with E-state index in [2.05, 4.69) is 37.6 Å². The molecule has 0 aliphatic carbocycles. The zero-order chi connectivity index (χ0) is 18.4. The minimum atomic E-state index is -0.328. The third-order valence-electron chi connectivity index (χ3n) is 4.36. The van der Waals surface area contributed by atoms with Gasteiger partial charge in [0.2, 0.25) is 0 Å². The summed E-state index contributed by atoms with van der Waals surface area (Å²) in [6.07, 6.45) is 0. The summed E-state index contributed by atoms with van der Waals surface area (Å²) in [5.41, 5.74) is 0.865. The fraction of sp³-hybridized carbons (Fsp3) is 0.421. The normalized spacial score (nSPS) is 14.7. The second-order valence-corrected chi connectivity index (χ2v) is 6.95. The first-order chi connectivity index (χ1) is 12.7. The molecule has 0 atom stereocenters. The number of nitrogens with one attached hydrogen (secondary N) is 1. The van der Waals surface area contributed by atoms with E-state index in [4.69, 9.17) is 4.74 Å². The molecule has 3 rings (SSSR count). The topological polar surface area (TPSA) is 40.1 Å². The number of anilines is 1. The molecule has 1 aromatic heterocycles. The summed E-state index contributed by atoms with van der Waals surface area (Å²) in [5, 5.41) is 6.76. The van der Waals surface area contributed by atoms with Crippen LogP contribution in [0.2, 0.25) is 0 Å². The van der Waals surface area contributed by atoms with Crippen LogP contribution < -0.4 is 15.0 Å². The Labute approximate surface area is 181 Å². The first-order valence-corrected chi connectivity index (χ1v) is 9.74. The summed E-state index contributed by atoms with van der Waals surface area (Å²) in [5.74, 6) is 0.821. The second kappa shape index (κ2) is 10.7. The van der Waals surface area contributed by atoms with Crippen LogP contribution in [-0.4, -0.2) is 50.7 Å². The predicted molar refractivity (Wildman–Crippen MR) is 121 cm³/mol. The Morgan fingerprint density at radius 1 is 1.26 bits per heavy atom. The number of rotatable bonds is 5. The number of benzene rings is 1. The molecule has 0 unspecified atom stereocenters. The van der Waals surface area contributed by atoms with Gasteiger partial charge in [-0.1, -0.05) is 6.07 Å². The highest BCUT2D eigenvalue weighted by Crippen LogP contribution is 2.22.